The first kappa shape index (κ1) is 80.7. The zero-order valence-corrected chi connectivity index (χ0v) is 59.4. The third-order valence-corrected chi connectivity index (χ3v) is 18.7. The van der Waals surface area contributed by atoms with Crippen LogP contribution in [-0.4, -0.2) is 140 Å². The van der Waals surface area contributed by atoms with E-state index in [2.05, 4.69) is 47.9 Å². The summed E-state index contributed by atoms with van der Waals surface area (Å²) >= 11 is 0. The van der Waals surface area contributed by atoms with Crippen LogP contribution in [0.5, 0.6) is 0 Å². The van der Waals surface area contributed by atoms with Gasteiger partial charge in [-0.2, -0.15) is 0 Å². The molecule has 24 heteroatoms. The predicted molar refractivity (Wildman–Crippen MR) is 402 cm³/mol. The number of nitrogens with two attached hydrogens (primary N) is 5. The standard InChI is InChI=1S/C79H108N14O10/c80-42-18-14-29-62-73(97)87-63(30-15-19-43-81)74(98)91-66(49-53-34-38-59(39-35-53)56-23-7-6-8-24-56)72(96)85-46-22-5-3-1-2-4-9-33-71(95)86-67(50-54-36-40-57-25-10-12-27-60(57)47-54)77(101)88-65(32-17-21-45-83)76(100)93-69(52-70(84)94)79(103)90-64(31-16-20-44-82)75(99)92-68(78(102)89-62)51-55-37-41-58-26-11-13-28-61(58)48-55/h6-8,10-13,23-28,34-41,47-48,62-69H,1-5,9,14-22,29-33,42-46,49-52,80-83H2,(H2,84,94)(H,85,96)(H,86,95)(H,87,97)(H,88,101)(H,89,102)(H,90,103)(H,91,98)(H,92,99)(H,93,100)/t62-,63-,64-,65-,66-,67-,68-,69-/m0/s1. The number of carbonyl (C=O) groups is 10. The average Bonchev–Trinajstić information content (AvgIpc) is 0.846. The highest BCUT2D eigenvalue weighted by atomic mass is 16.2. The first-order chi connectivity index (χ1) is 49.9. The lowest BCUT2D eigenvalue weighted by atomic mass is 9.99. The van der Waals surface area contributed by atoms with Gasteiger partial charge in [-0.05, 0) is 165 Å². The van der Waals surface area contributed by atoms with Gasteiger partial charge in [-0.15, -0.1) is 0 Å². The number of benzene rings is 6. The molecule has 8 atom stereocenters. The third-order valence-electron chi connectivity index (χ3n) is 18.7. The maximum atomic E-state index is 15.2. The quantitative estimate of drug-likeness (QED) is 0.0328. The molecule has 1 aliphatic rings. The van der Waals surface area contributed by atoms with Gasteiger partial charge in [0, 0.05) is 32.2 Å². The summed E-state index contributed by atoms with van der Waals surface area (Å²) in [5.74, 6) is -7.22. The molecule has 19 N–H and O–H groups in total. The van der Waals surface area contributed by atoms with Crippen molar-refractivity contribution in [3.63, 3.8) is 0 Å². The van der Waals surface area contributed by atoms with Crippen molar-refractivity contribution in [2.45, 2.75) is 202 Å². The number of primary amides is 1. The maximum Gasteiger partial charge on any atom is 0.243 e. The van der Waals surface area contributed by atoms with E-state index < -0.39 is 108 Å². The molecule has 103 heavy (non-hydrogen) atoms. The second-order valence-electron chi connectivity index (χ2n) is 26.9. The van der Waals surface area contributed by atoms with Crippen LogP contribution in [0.25, 0.3) is 32.7 Å². The summed E-state index contributed by atoms with van der Waals surface area (Å²) in [5, 5.41) is 29.4. The Morgan fingerprint density at radius 2 is 0.650 bits per heavy atom. The summed E-state index contributed by atoms with van der Waals surface area (Å²) < 4.78 is 0. The molecule has 0 aromatic heterocycles. The summed E-state index contributed by atoms with van der Waals surface area (Å²) in [5.41, 5.74) is 33.7. The summed E-state index contributed by atoms with van der Waals surface area (Å²) in [6.07, 6.45) is 8.21. The Balaban J connectivity index is 1.23. The fourth-order valence-electron chi connectivity index (χ4n) is 12.8. The second-order valence-corrected chi connectivity index (χ2v) is 26.9. The molecule has 1 heterocycles. The monoisotopic (exact) mass is 1410 g/mol. The molecule has 24 nitrogen and oxygen atoms in total. The van der Waals surface area contributed by atoms with E-state index in [0.717, 1.165) is 75.9 Å². The molecule has 6 aromatic carbocycles. The van der Waals surface area contributed by atoms with Crippen molar-refractivity contribution in [2.75, 3.05) is 32.7 Å². The van der Waals surface area contributed by atoms with E-state index in [0.29, 0.717) is 82.9 Å². The molecule has 0 saturated carbocycles. The number of amides is 10. The number of unbranched alkanes of at least 4 members (excludes halogenated alkanes) is 4. The third kappa shape index (κ3) is 27.6. The Bertz CT molecular complexity index is 3730. The van der Waals surface area contributed by atoms with Crippen LogP contribution >= 0.6 is 0 Å². The topological polar surface area (TPSA) is 409 Å². The van der Waals surface area contributed by atoms with Crippen LogP contribution in [0, 0.1) is 0 Å². The zero-order valence-electron chi connectivity index (χ0n) is 59.4. The average molecular weight is 1410 g/mol. The van der Waals surface area contributed by atoms with Gasteiger partial charge in [-0.25, -0.2) is 0 Å². The van der Waals surface area contributed by atoms with Gasteiger partial charge in [0.05, 0.1) is 6.42 Å². The van der Waals surface area contributed by atoms with Crippen LogP contribution in [0.4, 0.5) is 0 Å². The highest BCUT2D eigenvalue weighted by Crippen LogP contribution is 2.23. The fraction of sp³-hybridized carbons (Fsp3) is 0.468. The molecule has 1 saturated heterocycles. The first-order valence-corrected chi connectivity index (χ1v) is 36.8. The molecular weight excluding hydrogens is 1300 g/mol. The van der Waals surface area contributed by atoms with Crippen molar-refractivity contribution in [1.29, 1.82) is 0 Å². The summed E-state index contributed by atoms with van der Waals surface area (Å²) in [6, 6.07) is 33.6. The minimum atomic E-state index is -1.68. The smallest absolute Gasteiger partial charge is 0.243 e. The van der Waals surface area contributed by atoms with Gasteiger partial charge in [0.15, 0.2) is 0 Å². The Labute approximate surface area is 604 Å². The fourth-order valence-corrected chi connectivity index (χ4v) is 12.8. The molecule has 554 valence electrons. The summed E-state index contributed by atoms with van der Waals surface area (Å²) in [6.45, 7) is 1.40. The van der Waals surface area contributed by atoms with Crippen molar-refractivity contribution in [2.24, 2.45) is 28.7 Å². The minimum Gasteiger partial charge on any atom is -0.370 e. The van der Waals surface area contributed by atoms with Crippen LogP contribution in [0.1, 0.15) is 152 Å². The highest BCUT2D eigenvalue weighted by molar-refractivity contribution is 5.99. The van der Waals surface area contributed by atoms with Crippen molar-refractivity contribution < 1.29 is 47.9 Å². The molecule has 6 aromatic rings. The van der Waals surface area contributed by atoms with Crippen LogP contribution in [0.2, 0.25) is 0 Å². The number of carbonyl (C=O) groups excluding carboxylic acids is 10. The number of hydrogen-bond donors (Lipinski definition) is 14. The number of fused-ring (bicyclic) bond motifs is 2. The Kier molecular flexibility index (Phi) is 34.5. The lowest BCUT2D eigenvalue weighted by Crippen LogP contribution is -2.61. The van der Waals surface area contributed by atoms with Crippen LogP contribution < -0.4 is 76.5 Å². The highest BCUT2D eigenvalue weighted by Gasteiger charge is 2.36. The summed E-state index contributed by atoms with van der Waals surface area (Å²) in [7, 11) is 0. The Morgan fingerprint density at radius 3 is 1.09 bits per heavy atom. The van der Waals surface area contributed by atoms with Crippen LogP contribution in [0.15, 0.2) is 140 Å². The first-order valence-electron chi connectivity index (χ1n) is 36.8. The lowest BCUT2D eigenvalue weighted by Gasteiger charge is -2.28. The van der Waals surface area contributed by atoms with E-state index in [4.69, 9.17) is 28.7 Å². The maximum absolute atomic E-state index is 15.2. The molecule has 0 unspecified atom stereocenters. The second kappa shape index (κ2) is 44.0. The predicted octanol–water partition coefficient (Wildman–Crippen LogP) is 5.21. The molecule has 1 aliphatic heterocycles. The molecule has 0 bridgehead atoms. The van der Waals surface area contributed by atoms with E-state index in [1.807, 2.05) is 140 Å². The van der Waals surface area contributed by atoms with Crippen molar-refractivity contribution in [3.8, 4) is 11.1 Å². The minimum absolute atomic E-state index is 0.0286. The zero-order chi connectivity index (χ0) is 73.7. The van der Waals surface area contributed by atoms with Crippen LogP contribution in [-0.2, 0) is 67.2 Å². The van der Waals surface area contributed by atoms with E-state index >= 15 is 9.59 Å². The molecule has 7 rings (SSSR count). The van der Waals surface area contributed by atoms with Gasteiger partial charge in [0.25, 0.3) is 0 Å². The van der Waals surface area contributed by atoms with E-state index in [-0.39, 0.29) is 76.9 Å². The van der Waals surface area contributed by atoms with E-state index in [1.165, 1.54) is 0 Å². The van der Waals surface area contributed by atoms with Crippen molar-refractivity contribution in [3.05, 3.63) is 156 Å². The number of hydrogen-bond acceptors (Lipinski definition) is 14. The van der Waals surface area contributed by atoms with Gasteiger partial charge >= 0.3 is 0 Å². The number of rotatable bonds is 25. The molecule has 0 radical (unpaired) electrons. The van der Waals surface area contributed by atoms with Gasteiger partial charge in [0.1, 0.15) is 48.3 Å². The Hall–Kier alpha value is -9.62. The van der Waals surface area contributed by atoms with E-state index in [9.17, 15) is 38.4 Å². The van der Waals surface area contributed by atoms with Gasteiger partial charge in [0.2, 0.25) is 59.1 Å². The van der Waals surface area contributed by atoms with E-state index in [1.54, 1.807) is 0 Å². The van der Waals surface area contributed by atoms with Crippen LogP contribution in [0.3, 0.4) is 0 Å². The molecule has 1 fully saturated rings. The lowest BCUT2D eigenvalue weighted by molar-refractivity contribution is -0.136. The van der Waals surface area contributed by atoms with Crippen molar-refractivity contribution in [1.82, 2.24) is 47.9 Å². The Morgan fingerprint density at radius 1 is 0.320 bits per heavy atom. The van der Waals surface area contributed by atoms with Gasteiger partial charge < -0.3 is 76.5 Å². The molecule has 0 aliphatic carbocycles. The van der Waals surface area contributed by atoms with Gasteiger partial charge in [-0.1, -0.05) is 172 Å². The molecule has 0 spiro atoms. The number of nitrogens with one attached hydrogen (secondary N) is 9. The summed E-state index contributed by atoms with van der Waals surface area (Å²) in [4.78, 5) is 145. The van der Waals surface area contributed by atoms with Crippen molar-refractivity contribution >= 4 is 80.6 Å². The van der Waals surface area contributed by atoms with Gasteiger partial charge in [-0.3, -0.25) is 47.9 Å². The SMILES string of the molecule is NCCCC[C@@H]1NC(=O)[C@H](Cc2ccc3ccccc3c2)NC(=O)CCCCCCCCCNC(=O)[C@H](Cc2ccc(-c3ccccc3)cc2)NC(=O)[C@H](CCCCN)NC(=O)[C@H](CCCCN)NC(=O)[C@H](Cc2ccc3ccccc3c2)NC(=O)[C@H](CCCCN)NC(=O)[C@H](CC(N)=O)NC1=O. The molecule has 10 amide bonds. The normalized spacial score (nSPS) is 21.2. The largest absolute Gasteiger partial charge is 0.370 e. The molecular formula is C79H108N14O10.